The molecular weight excluding hydrogens is 337 g/mol. The van der Waals surface area contributed by atoms with Gasteiger partial charge in [0.2, 0.25) is 0 Å². The van der Waals surface area contributed by atoms with E-state index in [1.807, 2.05) is 10.9 Å². The molecule has 3 nitrogen and oxygen atoms in total. The molecule has 1 heterocycles. The Morgan fingerprint density at radius 3 is 2.83 bits per heavy atom. The molecule has 0 aliphatic rings. The summed E-state index contributed by atoms with van der Waals surface area (Å²) in [4.78, 5) is 0. The fourth-order valence-electron chi connectivity index (χ4n) is 1.88. The summed E-state index contributed by atoms with van der Waals surface area (Å²) in [5.74, 6) is 0. The molecule has 96 valence electrons. The van der Waals surface area contributed by atoms with E-state index in [2.05, 4.69) is 78.2 Å². The lowest BCUT2D eigenvalue weighted by molar-refractivity contribution is 0.658. The summed E-state index contributed by atoms with van der Waals surface area (Å²) in [6, 6.07) is 6.71. The van der Waals surface area contributed by atoms with Crippen LogP contribution in [0.3, 0.4) is 0 Å². The van der Waals surface area contributed by atoms with Gasteiger partial charge >= 0.3 is 0 Å². The predicted octanol–water partition coefficient (Wildman–Crippen LogP) is 3.99. The topological polar surface area (TPSA) is 29.9 Å². The Morgan fingerprint density at radius 2 is 2.22 bits per heavy atom. The summed E-state index contributed by atoms with van der Waals surface area (Å²) < 4.78 is 3.22. The van der Waals surface area contributed by atoms with Gasteiger partial charge in [0, 0.05) is 27.6 Å². The zero-order valence-corrected chi connectivity index (χ0v) is 13.1. The lowest BCUT2D eigenvalue weighted by Crippen LogP contribution is -2.07. The van der Waals surface area contributed by atoms with Crippen molar-refractivity contribution in [3.05, 3.63) is 45.3 Å². The maximum atomic E-state index is 4.31. The fraction of sp³-hybridized carbons (Fsp3) is 0.357. The molecule has 0 aliphatic heterocycles. The molecule has 0 amide bonds. The van der Waals surface area contributed by atoms with Gasteiger partial charge in [-0.05, 0) is 67.1 Å². The molecule has 1 aromatic heterocycles. The normalized spacial score (nSPS) is 12.4. The number of anilines is 1. The molecule has 1 N–H and O–H groups in total. The van der Waals surface area contributed by atoms with Crippen LogP contribution in [0.5, 0.6) is 0 Å². The first-order chi connectivity index (χ1) is 8.60. The smallest absolute Gasteiger partial charge is 0.0542 e. The molecule has 0 aliphatic carbocycles. The number of hydrogen-bond acceptors (Lipinski definition) is 2. The van der Waals surface area contributed by atoms with Crippen LogP contribution in [0.15, 0.2) is 30.6 Å². The number of benzene rings is 1. The van der Waals surface area contributed by atoms with Gasteiger partial charge in [-0.15, -0.1) is 0 Å². The van der Waals surface area contributed by atoms with Crippen LogP contribution < -0.4 is 5.32 Å². The van der Waals surface area contributed by atoms with Crippen molar-refractivity contribution in [3.8, 4) is 0 Å². The van der Waals surface area contributed by atoms with E-state index >= 15 is 0 Å². The molecule has 1 unspecified atom stereocenters. The molecule has 4 heteroatoms. The van der Waals surface area contributed by atoms with E-state index in [1.54, 1.807) is 0 Å². The number of halogens is 1. The molecule has 1 atom stereocenters. The minimum absolute atomic E-state index is 0.268. The van der Waals surface area contributed by atoms with Gasteiger partial charge in [-0.25, -0.2) is 0 Å². The Bertz CT molecular complexity index is 534. The number of nitrogens with zero attached hydrogens (tertiary/aromatic N) is 2. The standard InChI is InChI=1S/C14H18IN3/c1-4-18-9-12(8-16-18)11(3)17-14-6-5-13(15)7-10(14)2/h5-9,11,17H,4H2,1-3H3. The highest BCUT2D eigenvalue weighted by Crippen LogP contribution is 2.23. The van der Waals surface area contributed by atoms with Crippen LogP contribution in [0.25, 0.3) is 0 Å². The Hall–Kier alpha value is -1.04. The average Bonchev–Trinajstić information content (AvgIpc) is 2.81. The molecule has 2 rings (SSSR count). The summed E-state index contributed by atoms with van der Waals surface area (Å²) in [5.41, 5.74) is 3.68. The highest BCUT2D eigenvalue weighted by atomic mass is 127. The van der Waals surface area contributed by atoms with Gasteiger partial charge in [-0.3, -0.25) is 4.68 Å². The van der Waals surface area contributed by atoms with E-state index in [0.29, 0.717) is 0 Å². The third-order valence-electron chi connectivity index (χ3n) is 3.04. The van der Waals surface area contributed by atoms with Crippen LogP contribution in [0, 0.1) is 10.5 Å². The van der Waals surface area contributed by atoms with Crippen molar-refractivity contribution in [3.63, 3.8) is 0 Å². The van der Waals surface area contributed by atoms with Crippen LogP contribution >= 0.6 is 22.6 Å². The Morgan fingerprint density at radius 1 is 1.44 bits per heavy atom. The highest BCUT2D eigenvalue weighted by Gasteiger charge is 2.09. The van der Waals surface area contributed by atoms with Gasteiger partial charge in [0.25, 0.3) is 0 Å². The number of aromatic nitrogens is 2. The van der Waals surface area contributed by atoms with Gasteiger partial charge in [-0.1, -0.05) is 0 Å². The van der Waals surface area contributed by atoms with Crippen LogP contribution in [-0.2, 0) is 6.54 Å². The van der Waals surface area contributed by atoms with Gasteiger partial charge in [0.15, 0.2) is 0 Å². The van der Waals surface area contributed by atoms with E-state index in [4.69, 9.17) is 0 Å². The van der Waals surface area contributed by atoms with Crippen LogP contribution in [-0.4, -0.2) is 9.78 Å². The molecule has 18 heavy (non-hydrogen) atoms. The second-order valence-corrected chi connectivity index (χ2v) is 5.70. The van der Waals surface area contributed by atoms with Crippen LogP contribution in [0.4, 0.5) is 5.69 Å². The summed E-state index contributed by atoms with van der Waals surface area (Å²) in [5, 5.41) is 7.84. The van der Waals surface area contributed by atoms with Gasteiger partial charge in [0.1, 0.15) is 0 Å². The third-order valence-corrected chi connectivity index (χ3v) is 3.71. The van der Waals surface area contributed by atoms with E-state index in [0.717, 1.165) is 6.54 Å². The molecule has 0 saturated heterocycles. The largest absolute Gasteiger partial charge is 0.378 e. The van der Waals surface area contributed by atoms with E-state index in [1.165, 1.54) is 20.4 Å². The first-order valence-electron chi connectivity index (χ1n) is 6.15. The molecule has 0 saturated carbocycles. The Labute approximate surface area is 122 Å². The molecular formula is C14H18IN3. The quantitative estimate of drug-likeness (QED) is 0.841. The maximum absolute atomic E-state index is 4.31. The zero-order valence-electron chi connectivity index (χ0n) is 10.9. The van der Waals surface area contributed by atoms with Gasteiger partial charge in [-0.2, -0.15) is 5.10 Å². The minimum Gasteiger partial charge on any atom is -0.378 e. The number of nitrogens with one attached hydrogen (secondary N) is 1. The molecule has 2 aromatic rings. The molecule has 0 fully saturated rings. The van der Waals surface area contributed by atoms with Gasteiger partial charge < -0.3 is 5.32 Å². The van der Waals surface area contributed by atoms with E-state index < -0.39 is 0 Å². The average molecular weight is 355 g/mol. The molecule has 0 bridgehead atoms. The second-order valence-electron chi connectivity index (χ2n) is 4.45. The van der Waals surface area contributed by atoms with Crippen molar-refractivity contribution in [2.45, 2.75) is 33.4 Å². The van der Waals surface area contributed by atoms with E-state index in [9.17, 15) is 0 Å². The molecule has 0 radical (unpaired) electrons. The summed E-state index contributed by atoms with van der Waals surface area (Å²) >= 11 is 2.33. The number of aryl methyl sites for hydroxylation is 2. The maximum Gasteiger partial charge on any atom is 0.0542 e. The lowest BCUT2D eigenvalue weighted by atomic mass is 10.1. The monoisotopic (exact) mass is 355 g/mol. The summed E-state index contributed by atoms with van der Waals surface area (Å²) in [6.45, 7) is 7.30. The van der Waals surface area contributed by atoms with Crippen molar-refractivity contribution in [2.24, 2.45) is 0 Å². The van der Waals surface area contributed by atoms with Crippen LogP contribution in [0.1, 0.15) is 31.0 Å². The van der Waals surface area contributed by atoms with Crippen molar-refractivity contribution >= 4 is 28.3 Å². The molecule has 0 spiro atoms. The summed E-state index contributed by atoms with van der Waals surface area (Å²) in [7, 11) is 0. The zero-order chi connectivity index (χ0) is 13.1. The highest BCUT2D eigenvalue weighted by molar-refractivity contribution is 14.1. The first kappa shape index (κ1) is 13.4. The lowest BCUT2D eigenvalue weighted by Gasteiger charge is -2.16. The van der Waals surface area contributed by atoms with Gasteiger partial charge in [0.05, 0.1) is 12.2 Å². The summed E-state index contributed by atoms with van der Waals surface area (Å²) in [6.07, 6.45) is 4.03. The number of rotatable bonds is 4. The SMILES string of the molecule is CCn1cc(C(C)Nc2ccc(I)cc2C)cn1. The van der Waals surface area contributed by atoms with Crippen molar-refractivity contribution in [1.82, 2.24) is 9.78 Å². The second kappa shape index (κ2) is 5.73. The Balaban J connectivity index is 2.13. The van der Waals surface area contributed by atoms with Crippen molar-refractivity contribution in [2.75, 3.05) is 5.32 Å². The first-order valence-corrected chi connectivity index (χ1v) is 7.23. The minimum atomic E-state index is 0.268. The van der Waals surface area contributed by atoms with Crippen LogP contribution in [0.2, 0.25) is 0 Å². The fourth-order valence-corrected chi connectivity index (χ4v) is 2.53. The number of hydrogen-bond donors (Lipinski definition) is 1. The Kier molecular flexibility index (Phi) is 4.27. The van der Waals surface area contributed by atoms with Crippen molar-refractivity contribution in [1.29, 1.82) is 0 Å². The van der Waals surface area contributed by atoms with E-state index in [-0.39, 0.29) is 6.04 Å². The third kappa shape index (κ3) is 3.04. The predicted molar refractivity (Wildman–Crippen MR) is 83.8 cm³/mol. The molecule has 1 aromatic carbocycles. The van der Waals surface area contributed by atoms with Crippen molar-refractivity contribution < 1.29 is 0 Å².